The summed E-state index contributed by atoms with van der Waals surface area (Å²) in [7, 11) is 0. The van der Waals surface area contributed by atoms with Crippen LogP contribution in [0.4, 0.5) is 0 Å². The van der Waals surface area contributed by atoms with E-state index in [4.69, 9.17) is 15.0 Å². The summed E-state index contributed by atoms with van der Waals surface area (Å²) in [6, 6.07) is 60.1. The van der Waals surface area contributed by atoms with Gasteiger partial charge in [-0.1, -0.05) is 146 Å². The fourth-order valence-corrected chi connectivity index (χ4v) is 6.09. The summed E-state index contributed by atoms with van der Waals surface area (Å²) in [5.41, 5.74) is 10.1. The molecule has 7 aromatic carbocycles. The van der Waals surface area contributed by atoms with Crippen LogP contribution < -0.4 is 0 Å². The van der Waals surface area contributed by atoms with Crippen LogP contribution in [0.5, 0.6) is 0 Å². The normalized spacial score (nSPS) is 10.9. The molecule has 8 aromatic rings. The molecule has 0 spiro atoms. The van der Waals surface area contributed by atoms with Gasteiger partial charge in [-0.15, -0.1) is 0 Å². The molecule has 0 N–H and O–H groups in total. The minimum atomic E-state index is 0.630. The smallest absolute Gasteiger partial charge is 0.164 e. The topological polar surface area (TPSA) is 62.5 Å². The molecule has 48 heavy (non-hydrogen) atoms. The van der Waals surface area contributed by atoms with Crippen molar-refractivity contribution in [1.29, 1.82) is 5.26 Å². The number of benzene rings is 7. The van der Waals surface area contributed by atoms with Gasteiger partial charge in [0.1, 0.15) is 0 Å². The van der Waals surface area contributed by atoms with Crippen LogP contribution in [0.1, 0.15) is 5.56 Å². The molecule has 0 bridgehead atoms. The lowest BCUT2D eigenvalue weighted by Crippen LogP contribution is -2.00. The second-order valence-corrected chi connectivity index (χ2v) is 11.6. The van der Waals surface area contributed by atoms with Crippen LogP contribution in [0.25, 0.3) is 78.3 Å². The maximum Gasteiger partial charge on any atom is 0.164 e. The zero-order chi connectivity index (χ0) is 32.3. The summed E-state index contributed by atoms with van der Waals surface area (Å²) >= 11 is 0. The maximum atomic E-state index is 9.32. The first-order valence-electron chi connectivity index (χ1n) is 15.8. The van der Waals surface area contributed by atoms with Crippen LogP contribution >= 0.6 is 0 Å². The van der Waals surface area contributed by atoms with Crippen molar-refractivity contribution in [3.63, 3.8) is 0 Å². The molecule has 0 aliphatic heterocycles. The molecule has 0 radical (unpaired) electrons. The maximum absolute atomic E-state index is 9.32. The van der Waals surface area contributed by atoms with E-state index >= 15 is 0 Å². The summed E-state index contributed by atoms with van der Waals surface area (Å²) in [6.45, 7) is 0. The molecule has 4 nitrogen and oxygen atoms in total. The van der Waals surface area contributed by atoms with Crippen molar-refractivity contribution < 1.29 is 0 Å². The van der Waals surface area contributed by atoms with Crippen molar-refractivity contribution >= 4 is 10.8 Å². The van der Waals surface area contributed by atoms with E-state index in [2.05, 4.69) is 91.0 Å². The Hall–Kier alpha value is -6.70. The number of hydrogen-bond donors (Lipinski definition) is 0. The molecule has 0 unspecified atom stereocenters. The standard InChI is InChI=1S/C44H28N4/c45-29-30-10-7-16-36(26-30)31-20-22-32(23-21-31)37-25-24-33-15-9-19-40(41(33)28-37)38-17-8-18-39(27-38)44-47-42(34-11-3-1-4-12-34)46-43(48-44)35-13-5-2-6-14-35/h1-28H. The molecule has 8 rings (SSSR count). The highest BCUT2D eigenvalue weighted by molar-refractivity contribution is 5.99. The summed E-state index contributed by atoms with van der Waals surface area (Å²) in [5, 5.41) is 11.7. The van der Waals surface area contributed by atoms with Crippen LogP contribution in [0, 0.1) is 11.3 Å². The molecule has 0 saturated heterocycles. The molecule has 0 amide bonds. The van der Waals surface area contributed by atoms with E-state index in [1.807, 2.05) is 84.9 Å². The molecule has 224 valence electrons. The Kier molecular flexibility index (Phi) is 7.54. The highest BCUT2D eigenvalue weighted by Crippen LogP contribution is 2.35. The SMILES string of the molecule is N#Cc1cccc(-c2ccc(-c3ccc4cccc(-c5cccc(-c6nc(-c7ccccc7)nc(-c7ccccc7)n6)c5)c4c3)cc2)c1. The van der Waals surface area contributed by atoms with E-state index in [9.17, 15) is 5.26 Å². The zero-order valence-corrected chi connectivity index (χ0v) is 26.0. The molecule has 1 aromatic heterocycles. The highest BCUT2D eigenvalue weighted by Gasteiger charge is 2.14. The summed E-state index contributed by atoms with van der Waals surface area (Å²) in [5.74, 6) is 1.91. The highest BCUT2D eigenvalue weighted by atomic mass is 15.0. The Labute approximate surface area is 279 Å². The minimum absolute atomic E-state index is 0.630. The molecule has 0 saturated carbocycles. The van der Waals surface area contributed by atoms with Gasteiger partial charge in [-0.3, -0.25) is 0 Å². The van der Waals surface area contributed by atoms with Crippen LogP contribution in [0.3, 0.4) is 0 Å². The van der Waals surface area contributed by atoms with Crippen molar-refractivity contribution in [2.75, 3.05) is 0 Å². The lowest BCUT2D eigenvalue weighted by atomic mass is 9.93. The number of rotatable bonds is 6. The average Bonchev–Trinajstić information content (AvgIpc) is 3.18. The lowest BCUT2D eigenvalue weighted by Gasteiger charge is -2.12. The van der Waals surface area contributed by atoms with E-state index < -0.39 is 0 Å². The quantitative estimate of drug-likeness (QED) is 0.187. The number of nitrogens with zero attached hydrogens (tertiary/aromatic N) is 4. The van der Waals surface area contributed by atoms with Crippen molar-refractivity contribution in [3.8, 4) is 73.6 Å². The third-order valence-electron chi connectivity index (χ3n) is 8.56. The van der Waals surface area contributed by atoms with Gasteiger partial charge in [0, 0.05) is 16.7 Å². The summed E-state index contributed by atoms with van der Waals surface area (Å²) in [4.78, 5) is 14.8. The number of hydrogen-bond acceptors (Lipinski definition) is 4. The lowest BCUT2D eigenvalue weighted by molar-refractivity contribution is 1.07. The Morgan fingerprint density at radius 1 is 0.354 bits per heavy atom. The molecular formula is C44H28N4. The van der Waals surface area contributed by atoms with E-state index in [1.54, 1.807) is 0 Å². The van der Waals surface area contributed by atoms with Gasteiger partial charge in [-0.05, 0) is 68.4 Å². The van der Waals surface area contributed by atoms with Gasteiger partial charge in [-0.25, -0.2) is 15.0 Å². The van der Waals surface area contributed by atoms with E-state index in [1.165, 1.54) is 10.8 Å². The van der Waals surface area contributed by atoms with Gasteiger partial charge in [-0.2, -0.15) is 5.26 Å². The van der Waals surface area contributed by atoms with Crippen LogP contribution in [-0.2, 0) is 0 Å². The van der Waals surface area contributed by atoms with Gasteiger partial charge < -0.3 is 0 Å². The van der Waals surface area contributed by atoms with Gasteiger partial charge in [0.05, 0.1) is 11.6 Å². The largest absolute Gasteiger partial charge is 0.208 e. The number of aromatic nitrogens is 3. The molecule has 0 aliphatic rings. The first kappa shape index (κ1) is 28.8. The second-order valence-electron chi connectivity index (χ2n) is 11.6. The van der Waals surface area contributed by atoms with Crippen molar-refractivity contribution in [2.24, 2.45) is 0 Å². The average molecular weight is 613 g/mol. The van der Waals surface area contributed by atoms with Gasteiger partial charge >= 0.3 is 0 Å². The molecular weight excluding hydrogens is 585 g/mol. The first-order valence-corrected chi connectivity index (χ1v) is 15.8. The number of nitriles is 1. The summed E-state index contributed by atoms with van der Waals surface area (Å²) < 4.78 is 0. The third kappa shape index (κ3) is 5.73. The van der Waals surface area contributed by atoms with Gasteiger partial charge in [0.2, 0.25) is 0 Å². The Balaban J connectivity index is 1.19. The Morgan fingerprint density at radius 3 is 1.50 bits per heavy atom. The van der Waals surface area contributed by atoms with E-state index in [-0.39, 0.29) is 0 Å². The third-order valence-corrected chi connectivity index (χ3v) is 8.56. The van der Waals surface area contributed by atoms with E-state index in [0.29, 0.717) is 23.0 Å². The minimum Gasteiger partial charge on any atom is -0.208 e. The van der Waals surface area contributed by atoms with Crippen molar-refractivity contribution in [1.82, 2.24) is 15.0 Å². The second kappa shape index (κ2) is 12.6. The fraction of sp³-hybridized carbons (Fsp3) is 0. The van der Waals surface area contributed by atoms with Gasteiger partial charge in [0.15, 0.2) is 17.5 Å². The van der Waals surface area contributed by atoms with Crippen LogP contribution in [0.15, 0.2) is 170 Å². The summed E-state index contributed by atoms with van der Waals surface area (Å²) in [6.07, 6.45) is 0. The molecule has 0 aliphatic carbocycles. The fourth-order valence-electron chi connectivity index (χ4n) is 6.09. The first-order chi connectivity index (χ1) is 23.7. The predicted octanol–water partition coefficient (Wildman–Crippen LogP) is 10.9. The molecule has 0 fully saturated rings. The van der Waals surface area contributed by atoms with Gasteiger partial charge in [0.25, 0.3) is 0 Å². The number of fused-ring (bicyclic) bond motifs is 1. The monoisotopic (exact) mass is 612 g/mol. The molecule has 0 atom stereocenters. The van der Waals surface area contributed by atoms with Crippen molar-refractivity contribution in [2.45, 2.75) is 0 Å². The predicted molar refractivity (Wildman–Crippen MR) is 195 cm³/mol. The van der Waals surface area contributed by atoms with Crippen LogP contribution in [-0.4, -0.2) is 15.0 Å². The van der Waals surface area contributed by atoms with Crippen LogP contribution in [0.2, 0.25) is 0 Å². The van der Waals surface area contributed by atoms with E-state index in [0.717, 1.165) is 50.1 Å². The zero-order valence-electron chi connectivity index (χ0n) is 26.0. The Bertz CT molecular complexity index is 2390. The van der Waals surface area contributed by atoms with Crippen molar-refractivity contribution in [3.05, 3.63) is 175 Å². The Morgan fingerprint density at radius 2 is 0.854 bits per heavy atom. The molecule has 4 heteroatoms. The molecule has 1 heterocycles.